The van der Waals surface area contributed by atoms with Crippen molar-refractivity contribution in [1.82, 2.24) is 4.98 Å². The number of pyridine rings is 1. The maximum Gasteiger partial charge on any atom is 0.339 e. The zero-order chi connectivity index (χ0) is 21.2. The van der Waals surface area contributed by atoms with Crippen LogP contribution < -0.4 is 4.74 Å². The van der Waals surface area contributed by atoms with Gasteiger partial charge >= 0.3 is 5.97 Å². The fourth-order valence-electron chi connectivity index (χ4n) is 2.38. The number of hydrogen-bond acceptors (Lipinski definition) is 4. The summed E-state index contributed by atoms with van der Waals surface area (Å²) in [6.07, 6.45) is 4.39. The number of carbonyl (C=O) groups is 1. The van der Waals surface area contributed by atoms with Gasteiger partial charge in [-0.05, 0) is 49.2 Å². The lowest BCUT2D eigenvalue weighted by atomic mass is 10.1. The molecule has 0 aliphatic rings. The molecule has 1 heterocycles. The molecule has 0 fully saturated rings. The predicted molar refractivity (Wildman–Crippen MR) is 109 cm³/mol. The SMILES string of the molecule is C=CCC.CCOC(=O)c1cnc2cc(OCc3cc(F)cc(F)c3)ccc2c1. The summed E-state index contributed by atoms with van der Waals surface area (Å²) in [6, 6.07) is 10.1. The first-order valence-corrected chi connectivity index (χ1v) is 9.22. The number of allylic oxidation sites excluding steroid dienone is 1. The van der Waals surface area contributed by atoms with Crippen molar-refractivity contribution < 1.29 is 23.0 Å². The minimum Gasteiger partial charge on any atom is -0.489 e. The largest absolute Gasteiger partial charge is 0.489 e. The zero-order valence-corrected chi connectivity index (χ0v) is 16.5. The van der Waals surface area contributed by atoms with Gasteiger partial charge in [0.25, 0.3) is 0 Å². The third-order valence-electron chi connectivity index (χ3n) is 3.78. The van der Waals surface area contributed by atoms with Gasteiger partial charge in [-0.3, -0.25) is 4.98 Å². The molecule has 0 atom stereocenters. The van der Waals surface area contributed by atoms with Gasteiger partial charge < -0.3 is 9.47 Å². The van der Waals surface area contributed by atoms with Crippen molar-refractivity contribution in [1.29, 1.82) is 0 Å². The van der Waals surface area contributed by atoms with Crippen LogP contribution in [0, 0.1) is 11.6 Å². The first-order valence-electron chi connectivity index (χ1n) is 9.22. The number of esters is 1. The Morgan fingerprint density at radius 2 is 1.79 bits per heavy atom. The van der Waals surface area contributed by atoms with E-state index in [-0.39, 0.29) is 6.61 Å². The van der Waals surface area contributed by atoms with E-state index in [9.17, 15) is 13.6 Å². The van der Waals surface area contributed by atoms with E-state index in [0.29, 0.717) is 29.0 Å². The maximum atomic E-state index is 13.2. The lowest BCUT2D eigenvalue weighted by Gasteiger charge is -2.08. The van der Waals surface area contributed by atoms with E-state index in [4.69, 9.17) is 9.47 Å². The topological polar surface area (TPSA) is 48.4 Å². The van der Waals surface area contributed by atoms with Crippen LogP contribution in [-0.4, -0.2) is 17.6 Å². The first-order chi connectivity index (χ1) is 14.0. The molecule has 152 valence electrons. The van der Waals surface area contributed by atoms with E-state index < -0.39 is 17.6 Å². The molecule has 0 saturated carbocycles. The number of fused-ring (bicyclic) bond motifs is 1. The quantitative estimate of drug-likeness (QED) is 0.385. The highest BCUT2D eigenvalue weighted by molar-refractivity contribution is 5.93. The second-order valence-electron chi connectivity index (χ2n) is 6.06. The first kappa shape index (κ1) is 22.0. The molecule has 1 aromatic heterocycles. The van der Waals surface area contributed by atoms with Gasteiger partial charge in [0.1, 0.15) is 24.0 Å². The zero-order valence-electron chi connectivity index (χ0n) is 16.5. The highest BCUT2D eigenvalue weighted by atomic mass is 19.1. The van der Waals surface area contributed by atoms with Gasteiger partial charge in [0.2, 0.25) is 0 Å². The molecule has 0 radical (unpaired) electrons. The van der Waals surface area contributed by atoms with Crippen molar-refractivity contribution in [3.05, 3.63) is 84.1 Å². The van der Waals surface area contributed by atoms with Crippen molar-refractivity contribution >= 4 is 16.9 Å². The van der Waals surface area contributed by atoms with E-state index in [1.165, 1.54) is 18.3 Å². The molecule has 0 unspecified atom stereocenters. The minimum absolute atomic E-state index is 0.0289. The Kier molecular flexibility index (Phi) is 8.27. The van der Waals surface area contributed by atoms with Crippen LogP contribution in [0.25, 0.3) is 10.9 Å². The summed E-state index contributed by atoms with van der Waals surface area (Å²) in [4.78, 5) is 15.9. The number of aromatic nitrogens is 1. The molecule has 0 aliphatic heterocycles. The van der Waals surface area contributed by atoms with E-state index in [2.05, 4.69) is 18.5 Å². The van der Waals surface area contributed by atoms with E-state index in [1.807, 2.05) is 6.08 Å². The molecule has 0 spiro atoms. The van der Waals surface area contributed by atoms with Crippen molar-refractivity contribution in [2.24, 2.45) is 0 Å². The second-order valence-corrected chi connectivity index (χ2v) is 6.06. The number of halogens is 2. The summed E-state index contributed by atoms with van der Waals surface area (Å²) in [6.45, 7) is 7.60. The summed E-state index contributed by atoms with van der Waals surface area (Å²) in [7, 11) is 0. The highest BCUT2D eigenvalue weighted by Crippen LogP contribution is 2.21. The van der Waals surface area contributed by atoms with Crippen molar-refractivity contribution in [3.8, 4) is 5.75 Å². The van der Waals surface area contributed by atoms with Crippen molar-refractivity contribution in [3.63, 3.8) is 0 Å². The predicted octanol–water partition coefficient (Wildman–Crippen LogP) is 5.85. The lowest BCUT2D eigenvalue weighted by molar-refractivity contribution is 0.0526. The molecule has 0 saturated heterocycles. The van der Waals surface area contributed by atoms with Crippen LogP contribution in [0.2, 0.25) is 0 Å². The van der Waals surface area contributed by atoms with Gasteiger partial charge in [0.05, 0.1) is 17.7 Å². The number of carbonyl (C=O) groups excluding carboxylic acids is 1. The van der Waals surface area contributed by atoms with Gasteiger partial charge in [-0.2, -0.15) is 0 Å². The highest BCUT2D eigenvalue weighted by Gasteiger charge is 2.09. The third kappa shape index (κ3) is 6.68. The van der Waals surface area contributed by atoms with Gasteiger partial charge in [-0.1, -0.05) is 13.0 Å². The van der Waals surface area contributed by atoms with Crippen LogP contribution in [0.4, 0.5) is 8.78 Å². The Hall–Kier alpha value is -3.28. The molecular formula is C23H23F2NO3. The summed E-state index contributed by atoms with van der Waals surface area (Å²) in [5.74, 6) is -1.21. The van der Waals surface area contributed by atoms with Crippen LogP contribution in [0.5, 0.6) is 5.75 Å². The Labute approximate surface area is 168 Å². The van der Waals surface area contributed by atoms with Crippen LogP contribution in [-0.2, 0) is 11.3 Å². The Balaban J connectivity index is 0.000000687. The number of hydrogen-bond donors (Lipinski definition) is 0. The standard InChI is InChI=1S/C19H15F2NO3.C4H8/c1-2-24-19(23)14-7-13-3-4-17(9-18(13)22-10-14)25-11-12-5-15(20)8-16(21)6-12;1-3-4-2/h3-10H,2,11H2,1H3;3H,1,4H2,2H3. The Morgan fingerprint density at radius 1 is 1.10 bits per heavy atom. The Bertz CT molecular complexity index is 969. The van der Waals surface area contributed by atoms with Crippen LogP contribution in [0.3, 0.4) is 0 Å². The van der Waals surface area contributed by atoms with Gasteiger partial charge in [-0.15, -0.1) is 6.58 Å². The summed E-state index contributed by atoms with van der Waals surface area (Å²) >= 11 is 0. The van der Waals surface area contributed by atoms with Crippen molar-refractivity contribution in [2.45, 2.75) is 26.9 Å². The fraction of sp³-hybridized carbons (Fsp3) is 0.217. The maximum absolute atomic E-state index is 13.2. The van der Waals surface area contributed by atoms with Crippen LogP contribution in [0.15, 0.2) is 61.3 Å². The monoisotopic (exact) mass is 399 g/mol. The molecule has 4 nitrogen and oxygen atoms in total. The van der Waals surface area contributed by atoms with E-state index in [0.717, 1.165) is 17.9 Å². The molecular weight excluding hydrogens is 376 g/mol. The van der Waals surface area contributed by atoms with E-state index >= 15 is 0 Å². The lowest BCUT2D eigenvalue weighted by Crippen LogP contribution is -2.05. The molecule has 0 amide bonds. The average Bonchev–Trinajstić information content (AvgIpc) is 2.71. The molecule has 3 rings (SSSR count). The van der Waals surface area contributed by atoms with Crippen molar-refractivity contribution in [2.75, 3.05) is 6.61 Å². The van der Waals surface area contributed by atoms with E-state index in [1.54, 1.807) is 31.2 Å². The molecule has 29 heavy (non-hydrogen) atoms. The molecule has 0 N–H and O–H groups in total. The number of rotatable bonds is 6. The van der Waals surface area contributed by atoms with Gasteiger partial charge in [-0.25, -0.2) is 13.6 Å². The van der Waals surface area contributed by atoms with Crippen LogP contribution >= 0.6 is 0 Å². The molecule has 0 aliphatic carbocycles. The normalized spacial score (nSPS) is 10.1. The summed E-state index contributed by atoms with van der Waals surface area (Å²) < 4.78 is 36.9. The number of nitrogens with zero attached hydrogens (tertiary/aromatic N) is 1. The Morgan fingerprint density at radius 3 is 2.41 bits per heavy atom. The molecule has 0 bridgehead atoms. The molecule has 2 aromatic carbocycles. The fourth-order valence-corrected chi connectivity index (χ4v) is 2.38. The van der Waals surface area contributed by atoms with Crippen LogP contribution in [0.1, 0.15) is 36.2 Å². The smallest absolute Gasteiger partial charge is 0.339 e. The average molecular weight is 399 g/mol. The molecule has 3 aromatic rings. The van der Waals surface area contributed by atoms with Gasteiger partial charge in [0, 0.05) is 23.7 Å². The number of ether oxygens (including phenoxy) is 2. The summed E-state index contributed by atoms with van der Waals surface area (Å²) in [5.41, 5.74) is 1.40. The third-order valence-corrected chi connectivity index (χ3v) is 3.78. The molecule has 6 heteroatoms. The number of benzene rings is 2. The minimum atomic E-state index is -0.648. The van der Waals surface area contributed by atoms with Gasteiger partial charge in [0.15, 0.2) is 0 Å². The second kappa shape index (κ2) is 10.9. The summed E-state index contributed by atoms with van der Waals surface area (Å²) in [5, 5.41) is 0.759.